The topological polar surface area (TPSA) is 111 Å². The van der Waals surface area contributed by atoms with E-state index in [1.54, 1.807) is 17.0 Å². The number of carbonyl (C=O) groups excluding carboxylic acids is 1. The Bertz CT molecular complexity index is 1050. The summed E-state index contributed by atoms with van der Waals surface area (Å²) >= 11 is 0. The summed E-state index contributed by atoms with van der Waals surface area (Å²) in [6.45, 7) is 10.3. The van der Waals surface area contributed by atoms with Crippen LogP contribution in [0.3, 0.4) is 0 Å². The second-order valence-corrected chi connectivity index (χ2v) is 9.37. The number of benzene rings is 1. The van der Waals surface area contributed by atoms with Crippen molar-refractivity contribution in [2.24, 2.45) is 0 Å². The molecule has 1 amide bonds. The van der Waals surface area contributed by atoms with Crippen LogP contribution < -0.4 is 4.90 Å². The van der Waals surface area contributed by atoms with E-state index in [4.69, 9.17) is 19.4 Å². The number of ether oxygens (including phenoxy) is 2. The van der Waals surface area contributed by atoms with E-state index in [2.05, 4.69) is 11.8 Å². The van der Waals surface area contributed by atoms with Crippen molar-refractivity contribution in [1.29, 1.82) is 0 Å². The Balaban J connectivity index is 1.72. The fraction of sp³-hybridized carbons (Fsp3) is 0.522. The molecule has 10 heteroatoms. The molecule has 0 spiro atoms. The quantitative estimate of drug-likeness (QED) is 0.510. The van der Waals surface area contributed by atoms with Gasteiger partial charge in [0.15, 0.2) is 5.82 Å². The van der Waals surface area contributed by atoms with Crippen molar-refractivity contribution in [1.82, 2.24) is 14.9 Å². The molecule has 2 aromatic rings. The molecule has 0 bridgehead atoms. The molecule has 3 heterocycles. The number of hydrogen-bond acceptors (Lipinski definition) is 8. The maximum Gasteiger partial charge on any atom is 0.410 e. The van der Waals surface area contributed by atoms with E-state index < -0.39 is 10.5 Å². The van der Waals surface area contributed by atoms with Gasteiger partial charge in [0.05, 0.1) is 36.4 Å². The third-order valence-corrected chi connectivity index (χ3v) is 5.67. The summed E-state index contributed by atoms with van der Waals surface area (Å²) in [5.74, 6) is 1.29. The Morgan fingerprint density at radius 3 is 2.58 bits per heavy atom. The van der Waals surface area contributed by atoms with Gasteiger partial charge in [0.2, 0.25) is 0 Å². The Kier molecular flexibility index (Phi) is 6.20. The van der Waals surface area contributed by atoms with Gasteiger partial charge in [-0.25, -0.2) is 14.8 Å². The second-order valence-electron chi connectivity index (χ2n) is 9.37. The van der Waals surface area contributed by atoms with Gasteiger partial charge in [-0.1, -0.05) is 0 Å². The monoisotopic (exact) mass is 455 g/mol. The highest BCUT2D eigenvalue weighted by atomic mass is 16.6. The number of aromatic nitrogens is 2. The van der Waals surface area contributed by atoms with Crippen LogP contribution in [0.15, 0.2) is 24.3 Å². The first kappa shape index (κ1) is 22.9. The lowest BCUT2D eigenvalue weighted by Crippen LogP contribution is -2.46. The summed E-state index contributed by atoms with van der Waals surface area (Å²) in [7, 11) is 0. The fourth-order valence-electron chi connectivity index (χ4n) is 4.02. The number of anilines is 1. The van der Waals surface area contributed by atoms with Crippen LogP contribution in [-0.2, 0) is 22.4 Å². The minimum absolute atomic E-state index is 0.0201. The molecule has 1 fully saturated rings. The highest BCUT2D eigenvalue weighted by Crippen LogP contribution is 2.32. The molecule has 1 aromatic heterocycles. The van der Waals surface area contributed by atoms with Gasteiger partial charge in [-0.15, -0.1) is 0 Å². The highest BCUT2D eigenvalue weighted by molar-refractivity contribution is 5.70. The van der Waals surface area contributed by atoms with E-state index in [1.807, 2.05) is 20.8 Å². The zero-order chi connectivity index (χ0) is 23.8. The van der Waals surface area contributed by atoms with Crippen molar-refractivity contribution >= 4 is 17.6 Å². The first-order valence-electron chi connectivity index (χ1n) is 11.1. The van der Waals surface area contributed by atoms with Crippen LogP contribution in [0, 0.1) is 10.1 Å². The Morgan fingerprint density at radius 2 is 1.94 bits per heavy atom. The highest BCUT2D eigenvalue weighted by Gasteiger charge is 2.32. The van der Waals surface area contributed by atoms with Crippen molar-refractivity contribution in [3.05, 3.63) is 45.6 Å². The molecular formula is C23H29N5O5. The van der Waals surface area contributed by atoms with E-state index in [0.717, 1.165) is 17.1 Å². The summed E-state index contributed by atoms with van der Waals surface area (Å²) in [5, 5.41) is 11.0. The van der Waals surface area contributed by atoms with Crippen LogP contribution >= 0.6 is 0 Å². The zero-order valence-corrected chi connectivity index (χ0v) is 19.4. The van der Waals surface area contributed by atoms with Crippen molar-refractivity contribution in [3.8, 4) is 11.4 Å². The third kappa shape index (κ3) is 5.05. The lowest BCUT2D eigenvalue weighted by molar-refractivity contribution is -0.384. The number of nitro groups is 1. The number of non-ortho nitro benzene ring substituents is 1. The number of morpholine rings is 1. The molecule has 1 unspecified atom stereocenters. The zero-order valence-electron chi connectivity index (χ0n) is 19.4. The minimum atomic E-state index is -0.574. The van der Waals surface area contributed by atoms with Crippen molar-refractivity contribution in [3.63, 3.8) is 0 Å². The summed E-state index contributed by atoms with van der Waals surface area (Å²) in [4.78, 5) is 36.9. The van der Waals surface area contributed by atoms with Gasteiger partial charge < -0.3 is 19.3 Å². The number of rotatable bonds is 3. The summed E-state index contributed by atoms with van der Waals surface area (Å²) in [6.07, 6.45) is 0.219. The number of hydrogen-bond donors (Lipinski definition) is 0. The molecule has 0 N–H and O–H groups in total. The van der Waals surface area contributed by atoms with Crippen LogP contribution in [0.4, 0.5) is 16.3 Å². The average Bonchev–Trinajstić information content (AvgIpc) is 2.77. The fourth-order valence-corrected chi connectivity index (χ4v) is 4.02. The van der Waals surface area contributed by atoms with Crippen LogP contribution in [-0.4, -0.2) is 63.8 Å². The Labute approximate surface area is 192 Å². The first-order chi connectivity index (χ1) is 15.6. The lowest BCUT2D eigenvalue weighted by Gasteiger charge is -2.38. The standard InChI is InChI=1S/C23H29N5O5/c1-15-14-32-12-11-27(15)21-18-13-26(22(29)33-23(2,3)4)10-9-19(18)24-20(25-21)16-5-7-17(8-6-16)28(30)31/h5-8,15H,9-14H2,1-4H3. The van der Waals surface area contributed by atoms with Gasteiger partial charge >= 0.3 is 6.09 Å². The number of nitrogens with zero attached hydrogens (tertiary/aromatic N) is 5. The lowest BCUT2D eigenvalue weighted by atomic mass is 10.0. The van der Waals surface area contributed by atoms with E-state index in [1.165, 1.54) is 12.1 Å². The van der Waals surface area contributed by atoms with Crippen LogP contribution in [0.2, 0.25) is 0 Å². The molecule has 0 saturated carbocycles. The molecule has 4 rings (SSSR count). The minimum Gasteiger partial charge on any atom is -0.444 e. The summed E-state index contributed by atoms with van der Waals surface area (Å²) in [5.41, 5.74) is 1.94. The predicted molar refractivity (Wildman–Crippen MR) is 122 cm³/mol. The Hall–Kier alpha value is -3.27. The van der Waals surface area contributed by atoms with Gasteiger partial charge in [-0.05, 0) is 39.8 Å². The van der Waals surface area contributed by atoms with E-state index in [0.29, 0.717) is 50.7 Å². The molecule has 1 atom stereocenters. The number of carbonyl (C=O) groups is 1. The largest absolute Gasteiger partial charge is 0.444 e. The molecule has 10 nitrogen and oxygen atoms in total. The Morgan fingerprint density at radius 1 is 1.21 bits per heavy atom. The number of amides is 1. The maximum atomic E-state index is 12.7. The average molecular weight is 456 g/mol. The molecule has 2 aliphatic rings. The summed E-state index contributed by atoms with van der Waals surface area (Å²) < 4.78 is 11.2. The van der Waals surface area contributed by atoms with Crippen LogP contribution in [0.25, 0.3) is 11.4 Å². The van der Waals surface area contributed by atoms with Gasteiger partial charge in [-0.3, -0.25) is 10.1 Å². The molecule has 1 aromatic carbocycles. The first-order valence-corrected chi connectivity index (χ1v) is 11.1. The molecule has 33 heavy (non-hydrogen) atoms. The van der Waals surface area contributed by atoms with Crippen LogP contribution in [0.1, 0.15) is 39.0 Å². The molecule has 176 valence electrons. The van der Waals surface area contributed by atoms with Crippen LogP contribution in [0.5, 0.6) is 0 Å². The van der Waals surface area contributed by atoms with Gasteiger partial charge in [0.25, 0.3) is 5.69 Å². The van der Waals surface area contributed by atoms with E-state index in [-0.39, 0.29) is 17.8 Å². The van der Waals surface area contributed by atoms with Crippen molar-refractivity contribution < 1.29 is 19.2 Å². The van der Waals surface area contributed by atoms with Crippen molar-refractivity contribution in [2.45, 2.75) is 52.3 Å². The number of fused-ring (bicyclic) bond motifs is 1. The van der Waals surface area contributed by atoms with E-state index in [9.17, 15) is 14.9 Å². The second kappa shape index (κ2) is 8.93. The number of nitro benzene ring substituents is 1. The SMILES string of the molecule is CC1COCCN1c1nc(-c2ccc([N+](=O)[O-])cc2)nc2c1CN(C(=O)OC(C)(C)C)CC2. The predicted octanol–water partition coefficient (Wildman–Crippen LogP) is 3.57. The van der Waals surface area contributed by atoms with Gasteiger partial charge in [0, 0.05) is 42.8 Å². The molecule has 1 saturated heterocycles. The van der Waals surface area contributed by atoms with E-state index >= 15 is 0 Å². The van der Waals surface area contributed by atoms with Gasteiger partial charge in [0.1, 0.15) is 11.4 Å². The van der Waals surface area contributed by atoms with Crippen molar-refractivity contribution in [2.75, 3.05) is 31.2 Å². The smallest absolute Gasteiger partial charge is 0.410 e. The molecule has 2 aliphatic heterocycles. The molecular weight excluding hydrogens is 426 g/mol. The molecule has 0 radical (unpaired) electrons. The van der Waals surface area contributed by atoms with Gasteiger partial charge in [-0.2, -0.15) is 0 Å². The normalized spacial score (nSPS) is 18.6. The summed E-state index contributed by atoms with van der Waals surface area (Å²) in [6, 6.07) is 6.36. The maximum absolute atomic E-state index is 12.7. The molecule has 0 aliphatic carbocycles. The third-order valence-electron chi connectivity index (χ3n) is 5.67.